The first-order valence-corrected chi connectivity index (χ1v) is 13.8. The van der Waals surface area contributed by atoms with Crippen molar-refractivity contribution in [3.63, 3.8) is 0 Å². The Labute approximate surface area is 228 Å². The minimum absolute atomic E-state index is 0.00276. The highest BCUT2D eigenvalue weighted by molar-refractivity contribution is 7.10. The molecule has 0 spiro atoms. The van der Waals surface area contributed by atoms with E-state index in [0.29, 0.717) is 38.7 Å². The lowest BCUT2D eigenvalue weighted by Gasteiger charge is -2.34. The van der Waals surface area contributed by atoms with Gasteiger partial charge in [0.1, 0.15) is 5.75 Å². The highest BCUT2D eigenvalue weighted by Gasteiger charge is 2.23. The van der Waals surface area contributed by atoms with Crippen molar-refractivity contribution in [1.29, 1.82) is 0 Å². The third kappa shape index (κ3) is 6.20. The smallest absolute Gasteiger partial charge is 0.260 e. The molecule has 38 heavy (non-hydrogen) atoms. The number of carbonyl (C=O) groups is 1. The zero-order chi connectivity index (χ0) is 26.3. The van der Waals surface area contributed by atoms with Gasteiger partial charge in [-0.05, 0) is 54.7 Å². The molecule has 7 nitrogen and oxygen atoms in total. The number of thiophene rings is 1. The Morgan fingerprint density at radius 1 is 0.974 bits per heavy atom. The molecule has 1 aliphatic rings. The molecule has 4 aromatic rings. The number of ether oxygens (including phenoxy) is 1. The standard InChI is InChI=1S/C30H33N5O2S/c1-23(28-10-6-19-38-28)33(2)21-26-20-25(24-8-4-3-5-9-24)11-12-27(26)37-22-29(36)34-15-17-35(18-16-34)30-31-13-7-14-32-30/h3-14,19-20,23H,15-18,21-22H2,1-2H3/t23-/m0/s1. The van der Waals surface area contributed by atoms with Crippen LogP contribution in [0.3, 0.4) is 0 Å². The number of piperazine rings is 1. The normalized spacial score (nSPS) is 14.5. The highest BCUT2D eigenvalue weighted by atomic mass is 32.1. The fraction of sp³-hybridized carbons (Fsp3) is 0.300. The van der Waals surface area contributed by atoms with E-state index in [-0.39, 0.29) is 18.6 Å². The molecule has 5 rings (SSSR count). The van der Waals surface area contributed by atoms with Crippen LogP contribution in [0, 0.1) is 0 Å². The molecule has 2 aromatic carbocycles. The van der Waals surface area contributed by atoms with Crippen LogP contribution in [0.15, 0.2) is 84.5 Å². The van der Waals surface area contributed by atoms with Crippen molar-refractivity contribution in [2.75, 3.05) is 44.7 Å². The minimum Gasteiger partial charge on any atom is -0.483 e. The Kier molecular flexibility index (Phi) is 8.31. The highest BCUT2D eigenvalue weighted by Crippen LogP contribution is 2.31. The average Bonchev–Trinajstić information content (AvgIpc) is 3.52. The van der Waals surface area contributed by atoms with Gasteiger partial charge in [-0.15, -0.1) is 11.3 Å². The predicted molar refractivity (Wildman–Crippen MR) is 152 cm³/mol. The number of carbonyl (C=O) groups excluding carboxylic acids is 1. The number of anilines is 1. The second-order valence-electron chi connectivity index (χ2n) is 9.50. The molecule has 8 heteroatoms. The second-order valence-corrected chi connectivity index (χ2v) is 10.5. The Hall–Kier alpha value is -3.75. The maximum atomic E-state index is 13.0. The summed E-state index contributed by atoms with van der Waals surface area (Å²) in [5.74, 6) is 1.46. The van der Waals surface area contributed by atoms with Crippen molar-refractivity contribution < 1.29 is 9.53 Å². The summed E-state index contributed by atoms with van der Waals surface area (Å²) in [6, 6.07) is 22.9. The third-order valence-corrected chi connectivity index (χ3v) is 8.06. The van der Waals surface area contributed by atoms with Gasteiger partial charge >= 0.3 is 0 Å². The Morgan fingerprint density at radius 2 is 1.74 bits per heavy atom. The Bertz CT molecular complexity index is 1310. The van der Waals surface area contributed by atoms with Crippen LogP contribution in [0.4, 0.5) is 5.95 Å². The van der Waals surface area contributed by atoms with Crippen LogP contribution in [-0.4, -0.2) is 65.5 Å². The van der Waals surface area contributed by atoms with E-state index in [1.807, 2.05) is 35.2 Å². The zero-order valence-electron chi connectivity index (χ0n) is 21.9. The zero-order valence-corrected chi connectivity index (χ0v) is 22.7. The Balaban J connectivity index is 1.26. The fourth-order valence-electron chi connectivity index (χ4n) is 4.65. The SMILES string of the molecule is C[C@@H](c1cccs1)N(C)Cc1cc(-c2ccccc2)ccc1OCC(=O)N1CCN(c2ncccn2)CC1. The van der Waals surface area contributed by atoms with Crippen LogP contribution in [0.5, 0.6) is 5.75 Å². The topological polar surface area (TPSA) is 61.8 Å². The molecule has 2 aromatic heterocycles. The van der Waals surface area contributed by atoms with Crippen molar-refractivity contribution >= 4 is 23.2 Å². The van der Waals surface area contributed by atoms with Gasteiger partial charge in [-0.25, -0.2) is 9.97 Å². The predicted octanol–water partition coefficient (Wildman–Crippen LogP) is 5.13. The second kappa shape index (κ2) is 12.2. The van der Waals surface area contributed by atoms with Crippen LogP contribution >= 0.6 is 11.3 Å². The number of rotatable bonds is 9. The molecule has 196 valence electrons. The summed E-state index contributed by atoms with van der Waals surface area (Å²) in [5, 5.41) is 2.11. The van der Waals surface area contributed by atoms with Crippen molar-refractivity contribution in [2.45, 2.75) is 19.5 Å². The molecule has 1 amide bonds. The van der Waals surface area contributed by atoms with Gasteiger partial charge in [-0.1, -0.05) is 42.5 Å². The maximum Gasteiger partial charge on any atom is 0.260 e. The summed E-state index contributed by atoms with van der Waals surface area (Å²) in [5.41, 5.74) is 3.36. The molecule has 0 bridgehead atoms. The monoisotopic (exact) mass is 527 g/mol. The average molecular weight is 528 g/mol. The van der Waals surface area contributed by atoms with Crippen LogP contribution in [0.1, 0.15) is 23.4 Å². The summed E-state index contributed by atoms with van der Waals surface area (Å²) in [6.07, 6.45) is 3.49. The van der Waals surface area contributed by atoms with E-state index in [0.717, 1.165) is 22.4 Å². The summed E-state index contributed by atoms with van der Waals surface area (Å²) in [7, 11) is 2.13. The summed E-state index contributed by atoms with van der Waals surface area (Å²) >= 11 is 1.77. The molecule has 0 radical (unpaired) electrons. The Morgan fingerprint density at radius 3 is 2.45 bits per heavy atom. The lowest BCUT2D eigenvalue weighted by Crippen LogP contribution is -2.50. The number of hydrogen-bond donors (Lipinski definition) is 0. The van der Waals surface area contributed by atoms with Crippen molar-refractivity contribution in [3.8, 4) is 16.9 Å². The van der Waals surface area contributed by atoms with E-state index in [2.05, 4.69) is 75.5 Å². The summed E-state index contributed by atoms with van der Waals surface area (Å²) in [6.45, 7) is 5.61. The largest absolute Gasteiger partial charge is 0.483 e. The summed E-state index contributed by atoms with van der Waals surface area (Å²) in [4.78, 5) is 29.3. The van der Waals surface area contributed by atoms with Crippen LogP contribution in [0.25, 0.3) is 11.1 Å². The van der Waals surface area contributed by atoms with Gasteiger partial charge in [0.15, 0.2) is 6.61 Å². The number of nitrogens with zero attached hydrogens (tertiary/aromatic N) is 5. The number of hydrogen-bond acceptors (Lipinski definition) is 7. The van der Waals surface area contributed by atoms with Gasteiger partial charge in [-0.2, -0.15) is 0 Å². The first-order valence-electron chi connectivity index (χ1n) is 12.9. The molecule has 0 unspecified atom stereocenters. The first kappa shape index (κ1) is 25.9. The summed E-state index contributed by atoms with van der Waals surface area (Å²) < 4.78 is 6.17. The molecular weight excluding hydrogens is 494 g/mol. The molecule has 1 saturated heterocycles. The number of amides is 1. The van der Waals surface area contributed by atoms with E-state index >= 15 is 0 Å². The minimum atomic E-state index is -0.00276. The number of benzene rings is 2. The van der Waals surface area contributed by atoms with Crippen LogP contribution < -0.4 is 9.64 Å². The van der Waals surface area contributed by atoms with Crippen LogP contribution in [0.2, 0.25) is 0 Å². The van der Waals surface area contributed by atoms with E-state index in [1.54, 1.807) is 23.7 Å². The van der Waals surface area contributed by atoms with Gasteiger partial charge in [0.2, 0.25) is 5.95 Å². The quantitative estimate of drug-likeness (QED) is 0.301. The fourth-order valence-corrected chi connectivity index (χ4v) is 5.50. The van der Waals surface area contributed by atoms with Gasteiger partial charge < -0.3 is 14.5 Å². The molecule has 1 fully saturated rings. The molecule has 1 atom stereocenters. The van der Waals surface area contributed by atoms with Crippen LogP contribution in [-0.2, 0) is 11.3 Å². The molecule has 0 saturated carbocycles. The van der Waals surface area contributed by atoms with Gasteiger partial charge in [-0.3, -0.25) is 9.69 Å². The van der Waals surface area contributed by atoms with Crippen molar-refractivity contribution in [1.82, 2.24) is 19.8 Å². The molecular formula is C30H33N5O2S. The molecule has 0 aliphatic carbocycles. The third-order valence-electron chi connectivity index (χ3n) is 7.02. The van der Waals surface area contributed by atoms with Crippen molar-refractivity contribution in [2.24, 2.45) is 0 Å². The van der Waals surface area contributed by atoms with E-state index in [9.17, 15) is 4.79 Å². The van der Waals surface area contributed by atoms with Crippen molar-refractivity contribution in [3.05, 3.63) is 94.9 Å². The maximum absolute atomic E-state index is 13.0. The lowest BCUT2D eigenvalue weighted by atomic mass is 10.0. The van der Waals surface area contributed by atoms with Gasteiger partial charge in [0.25, 0.3) is 5.91 Å². The first-order chi connectivity index (χ1) is 18.6. The molecule has 1 aliphatic heterocycles. The van der Waals surface area contributed by atoms with Gasteiger partial charge in [0, 0.05) is 61.6 Å². The van der Waals surface area contributed by atoms with Gasteiger partial charge in [0.05, 0.1) is 0 Å². The molecule has 0 N–H and O–H groups in total. The van der Waals surface area contributed by atoms with E-state index < -0.39 is 0 Å². The lowest BCUT2D eigenvalue weighted by molar-refractivity contribution is -0.133. The molecule has 3 heterocycles. The van der Waals surface area contributed by atoms with E-state index in [4.69, 9.17) is 4.74 Å². The number of aromatic nitrogens is 2. The van der Waals surface area contributed by atoms with E-state index in [1.165, 1.54) is 4.88 Å².